The van der Waals surface area contributed by atoms with Crippen LogP contribution in [0.25, 0.3) is 0 Å². The lowest BCUT2D eigenvalue weighted by molar-refractivity contribution is 0.0514. The number of hydrogen-bond donors (Lipinski definition) is 0. The number of aromatic nitrogens is 4. The first-order valence-electron chi connectivity index (χ1n) is 9.98. The Morgan fingerprint density at radius 2 is 1.38 bits per heavy atom. The lowest BCUT2D eigenvalue weighted by Crippen LogP contribution is -2.14. The summed E-state index contributed by atoms with van der Waals surface area (Å²) in [7, 11) is -3.45. The van der Waals surface area contributed by atoms with E-state index in [1.165, 1.54) is 19.3 Å². The maximum Gasteiger partial charge on any atom is 0.341 e. The highest BCUT2D eigenvalue weighted by molar-refractivity contribution is 7.99. The molecule has 0 atom stereocenters. The Morgan fingerprint density at radius 1 is 0.875 bits per heavy atom. The highest BCUT2D eigenvalue weighted by Crippen LogP contribution is 2.14. The molecule has 0 spiro atoms. The topological polar surface area (TPSA) is 138 Å². The van der Waals surface area contributed by atoms with Crippen LogP contribution in [0, 0.1) is 13.8 Å². The van der Waals surface area contributed by atoms with Crippen LogP contribution < -0.4 is 0 Å². The fourth-order valence-corrected chi connectivity index (χ4v) is 3.52. The molecule has 2 aromatic rings. The fraction of sp³-hybridized carbons (Fsp3) is 0.500. The van der Waals surface area contributed by atoms with Gasteiger partial charge in [-0.25, -0.2) is 37.9 Å². The summed E-state index contributed by atoms with van der Waals surface area (Å²) in [6.45, 7) is 10.9. The summed E-state index contributed by atoms with van der Waals surface area (Å²) in [6.07, 6.45) is 2.71. The molecule has 0 saturated heterocycles. The molecule has 0 N–H and O–H groups in total. The first kappa shape index (κ1) is 27.4. The zero-order chi connectivity index (χ0) is 24.3. The second-order valence-electron chi connectivity index (χ2n) is 6.08. The van der Waals surface area contributed by atoms with Crippen molar-refractivity contribution in [2.75, 3.05) is 24.7 Å². The van der Waals surface area contributed by atoms with Crippen LogP contribution in [0.3, 0.4) is 0 Å². The number of rotatable bonds is 8. The van der Waals surface area contributed by atoms with E-state index in [2.05, 4.69) is 19.9 Å². The highest BCUT2D eigenvalue weighted by Gasteiger charge is 2.19. The Labute approximate surface area is 192 Å². The van der Waals surface area contributed by atoms with Gasteiger partial charge in [-0.1, -0.05) is 25.6 Å². The molecule has 0 fully saturated rings. The van der Waals surface area contributed by atoms with Crippen LogP contribution in [-0.2, 0) is 19.3 Å². The third-order valence-corrected chi connectivity index (χ3v) is 6.09. The van der Waals surface area contributed by atoms with Crippen LogP contribution in [0.15, 0.2) is 22.7 Å². The van der Waals surface area contributed by atoms with Crippen LogP contribution in [0.5, 0.6) is 0 Å². The van der Waals surface area contributed by atoms with E-state index in [9.17, 15) is 18.0 Å². The molecule has 2 aromatic heterocycles. The Bertz CT molecular complexity index is 1040. The largest absolute Gasteiger partial charge is 0.462 e. The lowest BCUT2D eigenvalue weighted by Gasteiger charge is -2.05. The summed E-state index contributed by atoms with van der Waals surface area (Å²) in [5.41, 5.74) is 1.59. The van der Waals surface area contributed by atoms with Crippen LogP contribution in [-0.4, -0.2) is 65.0 Å². The van der Waals surface area contributed by atoms with Crippen molar-refractivity contribution in [3.8, 4) is 0 Å². The summed E-state index contributed by atoms with van der Waals surface area (Å²) in [4.78, 5) is 38.7. The lowest BCUT2D eigenvalue weighted by atomic mass is 10.2. The van der Waals surface area contributed by atoms with E-state index >= 15 is 0 Å². The molecule has 12 heteroatoms. The van der Waals surface area contributed by atoms with Gasteiger partial charge in [0, 0.05) is 12.4 Å². The standard InChI is InChI=1S/C10H14N2O4S.C10H14N2O2S/c1-4-16-9(13)8-6-11-10(12-7(8)3)17(14,15)5-2;1-4-14-9(13)8-6-11-10(15-5-2)12-7(8)3/h6H,4-5H2,1-3H3;6H,4-5H2,1-3H3. The zero-order valence-electron chi connectivity index (χ0n) is 19.0. The highest BCUT2D eigenvalue weighted by atomic mass is 32.2. The molecule has 0 unspecified atom stereocenters. The van der Waals surface area contributed by atoms with Gasteiger partial charge in [0.2, 0.25) is 15.0 Å². The zero-order valence-corrected chi connectivity index (χ0v) is 20.7. The van der Waals surface area contributed by atoms with E-state index in [-0.39, 0.29) is 29.0 Å². The molecule has 0 aliphatic carbocycles. The van der Waals surface area contributed by atoms with E-state index in [0.717, 1.165) is 5.75 Å². The summed E-state index contributed by atoms with van der Waals surface area (Å²) in [5, 5.41) is 0.439. The van der Waals surface area contributed by atoms with Crippen molar-refractivity contribution < 1.29 is 27.5 Å². The summed E-state index contributed by atoms with van der Waals surface area (Å²) < 4.78 is 32.7. The van der Waals surface area contributed by atoms with Crippen molar-refractivity contribution in [2.45, 2.75) is 51.9 Å². The van der Waals surface area contributed by atoms with Gasteiger partial charge in [0.1, 0.15) is 0 Å². The maximum atomic E-state index is 11.5. The number of carbonyl (C=O) groups excluding carboxylic acids is 2. The van der Waals surface area contributed by atoms with Gasteiger partial charge in [-0.05, 0) is 33.4 Å². The van der Waals surface area contributed by atoms with Crippen LogP contribution in [0.2, 0.25) is 0 Å². The monoisotopic (exact) mass is 484 g/mol. The SMILES string of the molecule is CCOC(=O)c1cnc(S(=O)(=O)CC)nc1C.CCOC(=O)c1cnc(SCC)nc1C. The Hall–Kier alpha value is -2.60. The third-order valence-electron chi connectivity index (χ3n) is 3.84. The molecule has 0 aliphatic heterocycles. The van der Waals surface area contributed by atoms with Crippen LogP contribution in [0.4, 0.5) is 0 Å². The molecule has 32 heavy (non-hydrogen) atoms. The van der Waals surface area contributed by atoms with Crippen molar-refractivity contribution in [1.29, 1.82) is 0 Å². The number of hydrogen-bond acceptors (Lipinski definition) is 11. The molecule has 0 bridgehead atoms. The average molecular weight is 485 g/mol. The number of sulfone groups is 1. The van der Waals surface area contributed by atoms with E-state index < -0.39 is 15.8 Å². The predicted octanol–water partition coefficient (Wildman–Crippen LogP) is 2.83. The van der Waals surface area contributed by atoms with Crippen molar-refractivity contribution in [3.05, 3.63) is 34.9 Å². The van der Waals surface area contributed by atoms with Gasteiger partial charge in [-0.3, -0.25) is 0 Å². The Kier molecular flexibility index (Phi) is 11.2. The van der Waals surface area contributed by atoms with Crippen molar-refractivity contribution in [2.24, 2.45) is 0 Å². The Morgan fingerprint density at radius 3 is 1.78 bits per heavy atom. The molecule has 2 heterocycles. The van der Waals surface area contributed by atoms with E-state index in [1.807, 2.05) is 6.92 Å². The molecule has 0 saturated carbocycles. The van der Waals surface area contributed by atoms with Crippen molar-refractivity contribution in [1.82, 2.24) is 19.9 Å². The van der Waals surface area contributed by atoms with E-state index in [0.29, 0.717) is 28.7 Å². The summed E-state index contributed by atoms with van der Waals surface area (Å²) in [6, 6.07) is 0. The second-order valence-corrected chi connectivity index (χ2v) is 9.48. The molecule has 0 aliphatic rings. The normalized spacial score (nSPS) is 10.7. The minimum absolute atomic E-state index is 0.0782. The van der Waals surface area contributed by atoms with Crippen LogP contribution in [0.1, 0.15) is 59.8 Å². The van der Waals surface area contributed by atoms with Gasteiger partial charge >= 0.3 is 11.9 Å². The summed E-state index contributed by atoms with van der Waals surface area (Å²) in [5.74, 6) is -0.0721. The molecule has 0 radical (unpaired) electrons. The van der Waals surface area contributed by atoms with Gasteiger partial charge in [0.25, 0.3) is 0 Å². The van der Waals surface area contributed by atoms with Crippen molar-refractivity contribution in [3.63, 3.8) is 0 Å². The van der Waals surface area contributed by atoms with E-state index in [4.69, 9.17) is 9.47 Å². The smallest absolute Gasteiger partial charge is 0.341 e. The average Bonchev–Trinajstić information content (AvgIpc) is 2.74. The quantitative estimate of drug-likeness (QED) is 0.310. The minimum Gasteiger partial charge on any atom is -0.462 e. The molecule has 176 valence electrons. The van der Waals surface area contributed by atoms with Gasteiger partial charge in [0.15, 0.2) is 5.16 Å². The number of nitrogens with zero attached hydrogens (tertiary/aromatic N) is 4. The minimum atomic E-state index is -3.45. The molecule has 10 nitrogen and oxygen atoms in total. The number of ether oxygens (including phenoxy) is 2. The van der Waals surface area contributed by atoms with E-state index in [1.54, 1.807) is 39.5 Å². The number of esters is 2. The molecular weight excluding hydrogens is 456 g/mol. The number of thioether (sulfide) groups is 1. The maximum absolute atomic E-state index is 11.5. The fourth-order valence-electron chi connectivity index (χ4n) is 2.19. The van der Waals surface area contributed by atoms with Crippen LogP contribution >= 0.6 is 11.8 Å². The molecular formula is C20H28N4O6S2. The molecule has 0 amide bonds. The number of aryl methyl sites for hydroxylation is 2. The van der Waals surface area contributed by atoms with Gasteiger partial charge < -0.3 is 9.47 Å². The van der Waals surface area contributed by atoms with Gasteiger partial charge in [-0.15, -0.1) is 0 Å². The second kappa shape index (κ2) is 13.1. The first-order chi connectivity index (χ1) is 15.1. The molecule has 0 aromatic carbocycles. The van der Waals surface area contributed by atoms with Gasteiger partial charge in [0.05, 0.1) is 41.5 Å². The first-order valence-corrected chi connectivity index (χ1v) is 12.6. The Balaban J connectivity index is 0.000000323. The third kappa shape index (κ3) is 7.83. The van der Waals surface area contributed by atoms with Gasteiger partial charge in [-0.2, -0.15) is 0 Å². The molecule has 2 rings (SSSR count). The predicted molar refractivity (Wildman–Crippen MR) is 120 cm³/mol. The number of carbonyl (C=O) groups is 2. The van der Waals surface area contributed by atoms with Crippen molar-refractivity contribution >= 4 is 33.5 Å². The summed E-state index contributed by atoms with van der Waals surface area (Å²) >= 11 is 1.55.